The summed E-state index contributed by atoms with van der Waals surface area (Å²) >= 11 is 5.78. The zero-order valence-electron chi connectivity index (χ0n) is 16.5. The van der Waals surface area contributed by atoms with E-state index < -0.39 is 21.6 Å². The highest BCUT2D eigenvalue weighted by molar-refractivity contribution is 7.89. The van der Waals surface area contributed by atoms with Gasteiger partial charge < -0.3 is 9.30 Å². The van der Waals surface area contributed by atoms with Gasteiger partial charge in [0.15, 0.2) is 12.4 Å². The fourth-order valence-corrected chi connectivity index (χ4v) is 3.89. The van der Waals surface area contributed by atoms with Gasteiger partial charge >= 0.3 is 5.69 Å². The Bertz CT molecular complexity index is 1280. The minimum atomic E-state index is -3.81. The molecule has 0 aliphatic carbocycles. The number of aryl methyl sites for hydroxylation is 1. The lowest BCUT2D eigenvalue weighted by molar-refractivity contribution is -0.385. The monoisotopic (exact) mass is 463 g/mol. The standard InChI is InChI=1S/C20H18ClN3O6S/c1-12-9-17(13(2)23(12)15-4-6-16(7-5-15)31(22,28)29)19(25)11-30-20-8-3-14(21)10-18(20)24(26)27/h3-10H,11H2,1-2H3,(H2,22,28,29). The predicted octanol–water partition coefficient (Wildman–Crippen LogP) is 3.56. The van der Waals surface area contributed by atoms with Crippen LogP contribution in [-0.2, 0) is 10.0 Å². The minimum absolute atomic E-state index is 0.0204. The van der Waals surface area contributed by atoms with Crippen LogP contribution in [0.25, 0.3) is 5.69 Å². The maximum atomic E-state index is 12.7. The Balaban J connectivity index is 1.85. The number of hydrogen-bond acceptors (Lipinski definition) is 6. The Labute approximate surface area is 183 Å². The van der Waals surface area contributed by atoms with Crippen LogP contribution < -0.4 is 9.88 Å². The molecule has 3 aromatic rings. The number of nitrogens with zero attached hydrogens (tertiary/aromatic N) is 2. The molecule has 0 atom stereocenters. The molecular formula is C20H18ClN3O6S. The number of sulfonamides is 1. The Morgan fingerprint density at radius 2 is 1.81 bits per heavy atom. The van der Waals surface area contributed by atoms with Crippen LogP contribution in [0.15, 0.2) is 53.4 Å². The van der Waals surface area contributed by atoms with Crippen LogP contribution in [-0.4, -0.2) is 30.3 Å². The highest BCUT2D eigenvalue weighted by atomic mass is 35.5. The maximum Gasteiger partial charge on any atom is 0.312 e. The summed E-state index contributed by atoms with van der Waals surface area (Å²) in [6.45, 7) is 3.12. The molecule has 3 rings (SSSR count). The number of carbonyl (C=O) groups excluding carboxylic acids is 1. The number of carbonyl (C=O) groups is 1. The zero-order chi connectivity index (χ0) is 22.9. The third-order valence-corrected chi connectivity index (χ3v) is 5.80. The van der Waals surface area contributed by atoms with Crippen LogP contribution in [0.5, 0.6) is 5.75 Å². The van der Waals surface area contributed by atoms with E-state index in [1.165, 1.54) is 24.3 Å². The fourth-order valence-electron chi connectivity index (χ4n) is 3.20. The molecule has 0 saturated heterocycles. The van der Waals surface area contributed by atoms with E-state index in [2.05, 4.69) is 0 Å². The zero-order valence-corrected chi connectivity index (χ0v) is 18.1. The van der Waals surface area contributed by atoms with E-state index in [4.69, 9.17) is 21.5 Å². The molecule has 0 fully saturated rings. The predicted molar refractivity (Wildman–Crippen MR) is 115 cm³/mol. The number of rotatable bonds is 7. The van der Waals surface area contributed by atoms with Gasteiger partial charge in [0.1, 0.15) is 0 Å². The average molecular weight is 464 g/mol. The number of benzene rings is 2. The molecule has 2 N–H and O–H groups in total. The molecular weight excluding hydrogens is 446 g/mol. The first-order chi connectivity index (χ1) is 14.5. The van der Waals surface area contributed by atoms with Gasteiger partial charge in [-0.05, 0) is 56.3 Å². The Morgan fingerprint density at radius 3 is 2.39 bits per heavy atom. The summed E-state index contributed by atoms with van der Waals surface area (Å²) in [7, 11) is -3.81. The molecule has 162 valence electrons. The van der Waals surface area contributed by atoms with E-state index in [0.717, 1.165) is 11.8 Å². The van der Waals surface area contributed by atoms with E-state index in [9.17, 15) is 23.3 Å². The van der Waals surface area contributed by atoms with Crippen LogP contribution in [0.4, 0.5) is 5.69 Å². The van der Waals surface area contributed by atoms with E-state index in [1.54, 1.807) is 36.6 Å². The number of nitrogens with two attached hydrogens (primary N) is 1. The lowest BCUT2D eigenvalue weighted by Crippen LogP contribution is -2.13. The molecule has 0 spiro atoms. The summed E-state index contributed by atoms with van der Waals surface area (Å²) in [6, 6.07) is 11.5. The minimum Gasteiger partial charge on any atom is -0.478 e. The van der Waals surface area contributed by atoms with Gasteiger partial charge in [0.25, 0.3) is 0 Å². The molecule has 0 aliphatic heterocycles. The second-order valence-electron chi connectivity index (χ2n) is 6.74. The van der Waals surface area contributed by atoms with Gasteiger partial charge in [-0.3, -0.25) is 14.9 Å². The number of primary sulfonamides is 1. The highest BCUT2D eigenvalue weighted by Gasteiger charge is 2.20. The van der Waals surface area contributed by atoms with Crippen molar-refractivity contribution in [3.8, 4) is 11.4 Å². The summed E-state index contributed by atoms with van der Waals surface area (Å²) in [5.41, 5.74) is 2.04. The SMILES string of the molecule is Cc1cc(C(=O)COc2ccc(Cl)cc2[N+](=O)[O-])c(C)n1-c1ccc(S(N)(=O)=O)cc1. The average Bonchev–Trinajstić information content (AvgIpc) is 3.00. The lowest BCUT2D eigenvalue weighted by Gasteiger charge is -2.11. The number of ketones is 1. The molecule has 0 radical (unpaired) electrons. The summed E-state index contributed by atoms with van der Waals surface area (Å²) < 4.78 is 30.1. The first-order valence-corrected chi connectivity index (χ1v) is 10.8. The number of hydrogen-bond donors (Lipinski definition) is 1. The molecule has 0 saturated carbocycles. The molecule has 9 nitrogen and oxygen atoms in total. The number of halogens is 1. The Morgan fingerprint density at radius 1 is 1.16 bits per heavy atom. The van der Waals surface area contributed by atoms with Gasteiger partial charge in [-0.1, -0.05) is 11.6 Å². The van der Waals surface area contributed by atoms with Gasteiger partial charge in [0.2, 0.25) is 15.8 Å². The molecule has 2 aromatic carbocycles. The molecule has 0 unspecified atom stereocenters. The number of Topliss-reactive ketones (excluding diaryl/α,β-unsaturated/α-hetero) is 1. The van der Waals surface area contributed by atoms with Crippen molar-refractivity contribution in [2.45, 2.75) is 18.7 Å². The molecule has 31 heavy (non-hydrogen) atoms. The third-order valence-electron chi connectivity index (χ3n) is 4.63. The van der Waals surface area contributed by atoms with E-state index >= 15 is 0 Å². The van der Waals surface area contributed by atoms with Crippen molar-refractivity contribution in [3.05, 3.63) is 80.6 Å². The van der Waals surface area contributed by atoms with Crippen LogP contribution in [0.1, 0.15) is 21.7 Å². The van der Waals surface area contributed by atoms with Gasteiger partial charge in [0.05, 0.1) is 9.82 Å². The normalized spacial score (nSPS) is 11.4. The smallest absolute Gasteiger partial charge is 0.312 e. The summed E-state index contributed by atoms with van der Waals surface area (Å²) in [4.78, 5) is 23.2. The van der Waals surface area contributed by atoms with Crippen LogP contribution in [0.2, 0.25) is 5.02 Å². The van der Waals surface area contributed by atoms with Crippen LogP contribution in [0, 0.1) is 24.0 Å². The highest BCUT2D eigenvalue weighted by Crippen LogP contribution is 2.30. The molecule has 1 heterocycles. The van der Waals surface area contributed by atoms with Crippen LogP contribution in [0.3, 0.4) is 0 Å². The Hall–Kier alpha value is -3.21. The van der Waals surface area contributed by atoms with Gasteiger partial charge in [0, 0.05) is 33.7 Å². The van der Waals surface area contributed by atoms with Crippen molar-refractivity contribution in [1.29, 1.82) is 0 Å². The summed E-state index contributed by atoms with van der Waals surface area (Å²) in [6.07, 6.45) is 0. The first kappa shape index (κ1) is 22.5. The van der Waals surface area contributed by atoms with Crippen molar-refractivity contribution in [3.63, 3.8) is 0 Å². The topological polar surface area (TPSA) is 135 Å². The van der Waals surface area contributed by atoms with Crippen molar-refractivity contribution >= 4 is 33.1 Å². The lowest BCUT2D eigenvalue weighted by atomic mass is 10.1. The summed E-state index contributed by atoms with van der Waals surface area (Å²) in [5, 5.41) is 16.5. The second-order valence-corrected chi connectivity index (χ2v) is 8.74. The number of nitro benzene ring substituents is 1. The van der Waals surface area contributed by atoms with Crippen molar-refractivity contribution in [2.75, 3.05) is 6.61 Å². The largest absolute Gasteiger partial charge is 0.478 e. The molecule has 1 aromatic heterocycles. The van der Waals surface area contributed by atoms with Gasteiger partial charge in [-0.15, -0.1) is 0 Å². The van der Waals surface area contributed by atoms with Crippen molar-refractivity contribution in [1.82, 2.24) is 4.57 Å². The Kier molecular flexibility index (Phi) is 6.16. The van der Waals surface area contributed by atoms with E-state index in [0.29, 0.717) is 16.9 Å². The van der Waals surface area contributed by atoms with Gasteiger partial charge in [-0.25, -0.2) is 13.6 Å². The molecule has 0 amide bonds. The maximum absolute atomic E-state index is 12.7. The van der Waals surface area contributed by atoms with Crippen molar-refractivity contribution in [2.24, 2.45) is 5.14 Å². The molecule has 0 aliphatic rings. The number of nitro groups is 1. The van der Waals surface area contributed by atoms with E-state index in [1.807, 2.05) is 0 Å². The van der Waals surface area contributed by atoms with Gasteiger partial charge in [-0.2, -0.15) is 0 Å². The summed E-state index contributed by atoms with van der Waals surface area (Å²) in [5.74, 6) is -0.431. The quantitative estimate of drug-likeness (QED) is 0.323. The fraction of sp³-hybridized carbons (Fsp3) is 0.150. The first-order valence-electron chi connectivity index (χ1n) is 8.91. The molecule has 0 bridgehead atoms. The third kappa shape index (κ3) is 4.76. The second kappa shape index (κ2) is 8.50. The van der Waals surface area contributed by atoms with Crippen LogP contribution >= 0.6 is 11.6 Å². The number of ether oxygens (including phenoxy) is 1. The number of aromatic nitrogens is 1. The van der Waals surface area contributed by atoms with E-state index in [-0.39, 0.29) is 27.1 Å². The van der Waals surface area contributed by atoms with Crippen molar-refractivity contribution < 1.29 is 22.9 Å². The molecule has 11 heteroatoms.